The number of nitrogens with zero attached hydrogens (tertiary/aromatic N) is 1. The molecule has 2 nitrogen and oxygen atoms in total. The zero-order chi connectivity index (χ0) is 15.4. The van der Waals surface area contributed by atoms with Gasteiger partial charge in [0.05, 0.1) is 9.83 Å². The van der Waals surface area contributed by atoms with Crippen molar-refractivity contribution in [3.05, 3.63) is 43.2 Å². The summed E-state index contributed by atoms with van der Waals surface area (Å²) < 4.78 is 1.17. The summed E-state index contributed by atoms with van der Waals surface area (Å²) in [5.74, 6) is 0. The van der Waals surface area contributed by atoms with E-state index >= 15 is 0 Å². The molecule has 0 aliphatic rings. The van der Waals surface area contributed by atoms with E-state index in [4.69, 9.17) is 5.73 Å². The van der Waals surface area contributed by atoms with Gasteiger partial charge in [-0.25, -0.2) is 0 Å². The summed E-state index contributed by atoms with van der Waals surface area (Å²) in [5, 5.41) is 2.14. The second-order valence-electron chi connectivity index (χ2n) is 5.50. The molecule has 2 aromatic rings. The van der Waals surface area contributed by atoms with Gasteiger partial charge in [-0.15, -0.1) is 22.7 Å². The summed E-state index contributed by atoms with van der Waals surface area (Å²) in [6.07, 6.45) is 0.980. The molecule has 0 aliphatic heterocycles. The van der Waals surface area contributed by atoms with E-state index in [0.29, 0.717) is 6.04 Å². The molecule has 0 aliphatic carbocycles. The molecule has 0 spiro atoms. The Bertz CT molecular complexity index is 536. The lowest BCUT2D eigenvalue weighted by atomic mass is 10.0. The highest BCUT2D eigenvalue weighted by Crippen LogP contribution is 2.35. The Labute approximate surface area is 144 Å². The molecule has 2 aromatic heterocycles. The van der Waals surface area contributed by atoms with Crippen LogP contribution in [0, 0.1) is 0 Å². The van der Waals surface area contributed by atoms with Crippen LogP contribution in [0.4, 0.5) is 0 Å². The van der Waals surface area contributed by atoms with Gasteiger partial charge in [-0.05, 0) is 59.8 Å². The highest BCUT2D eigenvalue weighted by atomic mass is 79.9. The summed E-state index contributed by atoms with van der Waals surface area (Å²) in [7, 11) is 0. The molecular weight excluding hydrogens is 364 g/mol. The number of halogens is 1. The Balaban J connectivity index is 2.30. The number of hydrogen-bond acceptors (Lipinski definition) is 4. The smallest absolute Gasteiger partial charge is 0.0702 e. The van der Waals surface area contributed by atoms with Gasteiger partial charge in [-0.1, -0.05) is 13.0 Å². The van der Waals surface area contributed by atoms with Gasteiger partial charge in [0.1, 0.15) is 0 Å². The minimum Gasteiger partial charge on any atom is -0.326 e. The zero-order valence-corrected chi connectivity index (χ0v) is 16.0. The number of nitrogens with two attached hydrogens (primary N) is 1. The highest BCUT2D eigenvalue weighted by molar-refractivity contribution is 9.11. The van der Waals surface area contributed by atoms with Crippen LogP contribution in [0.15, 0.2) is 33.4 Å². The average Bonchev–Trinajstić information content (AvgIpc) is 3.09. The fourth-order valence-corrected chi connectivity index (χ4v) is 4.85. The van der Waals surface area contributed by atoms with E-state index in [1.54, 1.807) is 11.3 Å². The Kier molecular flexibility index (Phi) is 6.44. The fourth-order valence-electron chi connectivity index (χ4n) is 2.52. The van der Waals surface area contributed by atoms with Crippen LogP contribution in [0.5, 0.6) is 0 Å². The molecule has 0 saturated carbocycles. The van der Waals surface area contributed by atoms with Crippen LogP contribution in [0.3, 0.4) is 0 Å². The predicted molar refractivity (Wildman–Crippen MR) is 98.0 cm³/mol. The number of thiophene rings is 2. The molecule has 0 aromatic carbocycles. The van der Waals surface area contributed by atoms with Crippen LogP contribution >= 0.6 is 38.6 Å². The van der Waals surface area contributed by atoms with Crippen LogP contribution in [0.25, 0.3) is 0 Å². The van der Waals surface area contributed by atoms with Crippen molar-refractivity contribution in [1.82, 2.24) is 4.90 Å². The second kappa shape index (κ2) is 7.88. The van der Waals surface area contributed by atoms with Crippen LogP contribution < -0.4 is 5.73 Å². The molecule has 2 N–H and O–H groups in total. The van der Waals surface area contributed by atoms with Crippen LogP contribution in [-0.4, -0.2) is 17.0 Å². The summed E-state index contributed by atoms with van der Waals surface area (Å²) in [6.45, 7) is 7.64. The largest absolute Gasteiger partial charge is 0.326 e. The van der Waals surface area contributed by atoms with Crippen LogP contribution in [-0.2, 0) is 6.54 Å². The van der Waals surface area contributed by atoms with E-state index in [1.807, 2.05) is 11.3 Å². The van der Waals surface area contributed by atoms with Gasteiger partial charge in [0, 0.05) is 28.4 Å². The van der Waals surface area contributed by atoms with Gasteiger partial charge in [0.25, 0.3) is 0 Å². The SMILES string of the molecule is CCC(N)C(c1ccc(Br)s1)N(Cc1cccs1)C(C)C. The molecule has 0 amide bonds. The monoisotopic (exact) mass is 386 g/mol. The minimum atomic E-state index is 0.151. The lowest BCUT2D eigenvalue weighted by Gasteiger charge is -2.37. The molecule has 2 atom stereocenters. The van der Waals surface area contributed by atoms with E-state index in [-0.39, 0.29) is 12.1 Å². The molecule has 2 heterocycles. The van der Waals surface area contributed by atoms with Gasteiger partial charge < -0.3 is 5.73 Å². The standard InChI is InChI=1S/C16H23BrN2S2/c1-4-13(18)16(14-7-8-15(17)21-14)19(11(2)3)10-12-6-5-9-20-12/h5-9,11,13,16H,4,10,18H2,1-3H3. The molecule has 0 fully saturated rings. The van der Waals surface area contributed by atoms with E-state index in [9.17, 15) is 0 Å². The van der Waals surface area contributed by atoms with Crippen molar-refractivity contribution in [1.29, 1.82) is 0 Å². The Morgan fingerprint density at radius 2 is 2.05 bits per heavy atom. The third-order valence-electron chi connectivity index (χ3n) is 3.70. The molecule has 0 saturated heterocycles. The Hall–Kier alpha value is -0.200. The van der Waals surface area contributed by atoms with Crippen molar-refractivity contribution in [2.24, 2.45) is 5.73 Å². The Morgan fingerprint density at radius 1 is 1.29 bits per heavy atom. The van der Waals surface area contributed by atoms with Crippen LogP contribution in [0.2, 0.25) is 0 Å². The first kappa shape index (κ1) is 17.2. The van der Waals surface area contributed by atoms with E-state index in [0.717, 1.165) is 13.0 Å². The lowest BCUT2D eigenvalue weighted by molar-refractivity contribution is 0.125. The molecule has 2 rings (SSSR count). The van der Waals surface area contributed by atoms with Crippen molar-refractivity contribution in [2.75, 3.05) is 0 Å². The number of rotatable bonds is 7. The van der Waals surface area contributed by atoms with Gasteiger partial charge >= 0.3 is 0 Å². The van der Waals surface area contributed by atoms with Crippen molar-refractivity contribution in [3.8, 4) is 0 Å². The van der Waals surface area contributed by atoms with E-state index in [1.165, 1.54) is 13.5 Å². The van der Waals surface area contributed by atoms with E-state index in [2.05, 4.69) is 71.2 Å². The van der Waals surface area contributed by atoms with Crippen molar-refractivity contribution < 1.29 is 0 Å². The Morgan fingerprint density at radius 3 is 2.52 bits per heavy atom. The first-order valence-corrected chi connectivity index (χ1v) is 9.80. The maximum absolute atomic E-state index is 6.48. The molecular formula is C16H23BrN2S2. The highest BCUT2D eigenvalue weighted by Gasteiger charge is 2.29. The maximum atomic E-state index is 6.48. The molecule has 5 heteroatoms. The van der Waals surface area contributed by atoms with E-state index < -0.39 is 0 Å². The van der Waals surface area contributed by atoms with Gasteiger partial charge in [0.15, 0.2) is 0 Å². The van der Waals surface area contributed by atoms with Crippen molar-refractivity contribution in [3.63, 3.8) is 0 Å². The molecule has 2 unspecified atom stereocenters. The lowest BCUT2D eigenvalue weighted by Crippen LogP contribution is -2.43. The predicted octanol–water partition coefficient (Wildman–Crippen LogP) is 5.26. The third kappa shape index (κ3) is 4.39. The first-order chi connectivity index (χ1) is 10.0. The van der Waals surface area contributed by atoms with Gasteiger partial charge in [-0.3, -0.25) is 4.90 Å². The average molecular weight is 387 g/mol. The molecule has 116 valence electrons. The minimum absolute atomic E-state index is 0.151. The topological polar surface area (TPSA) is 29.3 Å². The van der Waals surface area contributed by atoms with Crippen molar-refractivity contribution in [2.45, 2.75) is 51.9 Å². The summed E-state index contributed by atoms with van der Waals surface area (Å²) in [5.41, 5.74) is 6.48. The normalized spacial score (nSPS) is 14.8. The third-order valence-corrected chi connectivity index (χ3v) is 6.26. The summed E-state index contributed by atoms with van der Waals surface area (Å²) in [4.78, 5) is 5.27. The fraction of sp³-hybridized carbons (Fsp3) is 0.500. The quantitative estimate of drug-likeness (QED) is 0.702. The second-order valence-corrected chi connectivity index (χ2v) is 9.03. The first-order valence-electron chi connectivity index (χ1n) is 7.31. The molecule has 0 bridgehead atoms. The summed E-state index contributed by atoms with van der Waals surface area (Å²) in [6, 6.07) is 9.54. The maximum Gasteiger partial charge on any atom is 0.0702 e. The van der Waals surface area contributed by atoms with Gasteiger partial charge in [0.2, 0.25) is 0 Å². The molecule has 21 heavy (non-hydrogen) atoms. The zero-order valence-electron chi connectivity index (χ0n) is 12.8. The molecule has 0 radical (unpaired) electrons. The van der Waals surface area contributed by atoms with Crippen LogP contribution in [0.1, 0.15) is 43.0 Å². The number of hydrogen-bond donors (Lipinski definition) is 1. The van der Waals surface area contributed by atoms with Gasteiger partial charge in [-0.2, -0.15) is 0 Å². The summed E-state index contributed by atoms with van der Waals surface area (Å²) >= 11 is 7.19. The van der Waals surface area contributed by atoms with Crippen molar-refractivity contribution >= 4 is 38.6 Å².